The molecule has 2 aromatic rings. The summed E-state index contributed by atoms with van der Waals surface area (Å²) in [6.45, 7) is 5.75. The average molecular weight is 403 g/mol. The lowest BCUT2D eigenvalue weighted by Crippen LogP contribution is -2.46. The number of carbonyl (C=O) groups is 1. The third-order valence-electron chi connectivity index (χ3n) is 4.94. The number of anilines is 3. The zero-order valence-corrected chi connectivity index (χ0v) is 17.5. The van der Waals surface area contributed by atoms with Crippen LogP contribution in [0.25, 0.3) is 0 Å². The van der Waals surface area contributed by atoms with Crippen molar-refractivity contribution in [2.45, 2.75) is 51.9 Å². The first-order valence-corrected chi connectivity index (χ1v) is 11.1. The zero-order valence-electron chi connectivity index (χ0n) is 16.6. The molecule has 0 unspecified atom stereocenters. The lowest BCUT2D eigenvalue weighted by atomic mass is 10.1. The van der Waals surface area contributed by atoms with Gasteiger partial charge >= 0.3 is 0 Å². The van der Waals surface area contributed by atoms with Crippen LogP contribution in [-0.4, -0.2) is 47.3 Å². The van der Waals surface area contributed by atoms with Gasteiger partial charge in [-0.15, -0.1) is 10.2 Å². The van der Waals surface area contributed by atoms with Crippen LogP contribution in [0.4, 0.5) is 16.1 Å². The smallest absolute Gasteiger partial charge is 0.226 e. The first-order chi connectivity index (χ1) is 13.8. The maximum absolute atomic E-state index is 12.1. The van der Waals surface area contributed by atoms with Crippen LogP contribution in [0.5, 0.6) is 0 Å². The quantitative estimate of drug-likeness (QED) is 0.607. The number of unbranched alkanes of at least 4 members (excludes halogenated alkanes) is 5. The molecule has 1 aliphatic heterocycles. The first kappa shape index (κ1) is 20.5. The van der Waals surface area contributed by atoms with Gasteiger partial charge in [-0.3, -0.25) is 4.79 Å². The largest absolute Gasteiger partial charge is 0.353 e. The number of piperazine rings is 1. The second-order valence-electron chi connectivity index (χ2n) is 7.12. The highest BCUT2D eigenvalue weighted by Crippen LogP contribution is 2.26. The molecule has 2 aromatic heterocycles. The maximum atomic E-state index is 12.1. The van der Waals surface area contributed by atoms with Crippen LogP contribution in [-0.2, 0) is 4.79 Å². The third kappa shape index (κ3) is 6.15. The normalized spacial score (nSPS) is 14.3. The Morgan fingerprint density at radius 1 is 1.04 bits per heavy atom. The van der Waals surface area contributed by atoms with Gasteiger partial charge in [0.2, 0.25) is 16.2 Å². The van der Waals surface area contributed by atoms with E-state index in [9.17, 15) is 4.79 Å². The third-order valence-corrected chi connectivity index (χ3v) is 5.84. The zero-order chi connectivity index (χ0) is 19.6. The molecule has 3 rings (SSSR count). The molecule has 1 amide bonds. The van der Waals surface area contributed by atoms with Crippen molar-refractivity contribution in [2.75, 3.05) is 41.3 Å². The molecular formula is C20H30N6OS. The Labute approximate surface area is 171 Å². The lowest BCUT2D eigenvalue weighted by Gasteiger charge is -2.34. The number of nitrogens with one attached hydrogen (secondary N) is 1. The van der Waals surface area contributed by atoms with E-state index in [4.69, 9.17) is 0 Å². The second-order valence-corrected chi connectivity index (χ2v) is 8.07. The van der Waals surface area contributed by atoms with E-state index in [0.29, 0.717) is 11.6 Å². The van der Waals surface area contributed by atoms with Crippen molar-refractivity contribution >= 4 is 33.3 Å². The number of hydrogen-bond acceptors (Lipinski definition) is 7. The second kappa shape index (κ2) is 10.9. The Hall–Kier alpha value is -2.22. The molecule has 0 aliphatic carbocycles. The molecule has 1 aliphatic rings. The Morgan fingerprint density at radius 2 is 1.79 bits per heavy atom. The summed E-state index contributed by atoms with van der Waals surface area (Å²) in [6, 6.07) is 5.99. The average Bonchev–Trinajstić information content (AvgIpc) is 3.20. The molecule has 3 heterocycles. The highest BCUT2D eigenvalue weighted by atomic mass is 32.1. The minimum atomic E-state index is 0.0400. The molecule has 8 heteroatoms. The van der Waals surface area contributed by atoms with Crippen molar-refractivity contribution < 1.29 is 4.79 Å². The van der Waals surface area contributed by atoms with Gasteiger partial charge in [0.05, 0.1) is 0 Å². The van der Waals surface area contributed by atoms with Crippen LogP contribution in [0.3, 0.4) is 0 Å². The van der Waals surface area contributed by atoms with Crippen LogP contribution < -0.4 is 15.1 Å². The van der Waals surface area contributed by atoms with Crippen molar-refractivity contribution in [3.8, 4) is 0 Å². The number of amides is 1. The van der Waals surface area contributed by atoms with Gasteiger partial charge in [0.1, 0.15) is 5.82 Å². The highest BCUT2D eigenvalue weighted by molar-refractivity contribution is 7.19. The molecule has 1 N–H and O–H groups in total. The summed E-state index contributed by atoms with van der Waals surface area (Å²) < 4.78 is 0. The molecule has 0 bridgehead atoms. The monoisotopic (exact) mass is 402 g/mol. The van der Waals surface area contributed by atoms with Crippen LogP contribution in [0.15, 0.2) is 24.4 Å². The van der Waals surface area contributed by atoms with Crippen molar-refractivity contribution in [1.82, 2.24) is 15.2 Å². The molecule has 7 nitrogen and oxygen atoms in total. The van der Waals surface area contributed by atoms with E-state index >= 15 is 0 Å². The van der Waals surface area contributed by atoms with Gasteiger partial charge in [0.25, 0.3) is 0 Å². The number of carbonyl (C=O) groups excluding carboxylic acids is 1. The molecule has 0 radical (unpaired) electrons. The molecule has 1 saturated heterocycles. The van der Waals surface area contributed by atoms with Crippen LogP contribution >= 0.6 is 11.3 Å². The first-order valence-electron chi connectivity index (χ1n) is 10.3. The van der Waals surface area contributed by atoms with E-state index in [1.165, 1.54) is 37.0 Å². The van der Waals surface area contributed by atoms with Crippen LogP contribution in [0, 0.1) is 0 Å². The van der Waals surface area contributed by atoms with E-state index in [0.717, 1.165) is 50.0 Å². The molecule has 0 atom stereocenters. The summed E-state index contributed by atoms with van der Waals surface area (Å²) in [4.78, 5) is 21.0. The van der Waals surface area contributed by atoms with E-state index in [1.54, 1.807) is 0 Å². The maximum Gasteiger partial charge on any atom is 0.226 e. The molecule has 152 valence electrons. The van der Waals surface area contributed by atoms with Gasteiger partial charge in [0.15, 0.2) is 0 Å². The standard InChI is InChI=1S/C20H30N6OS/c1-2-3-4-5-6-7-11-18(27)22-19-23-24-20(28-19)26-15-13-25(14-16-26)17-10-8-9-12-21-17/h8-10,12H,2-7,11,13-16H2,1H3,(H,22,23,27). The predicted octanol–water partition coefficient (Wildman–Crippen LogP) is 3.95. The van der Waals surface area contributed by atoms with Crippen LogP contribution in [0.2, 0.25) is 0 Å². The Kier molecular flexibility index (Phi) is 8.02. The molecular weight excluding hydrogens is 372 g/mol. The fourth-order valence-electron chi connectivity index (χ4n) is 3.31. The minimum Gasteiger partial charge on any atom is -0.353 e. The lowest BCUT2D eigenvalue weighted by molar-refractivity contribution is -0.116. The van der Waals surface area contributed by atoms with Gasteiger partial charge in [0, 0.05) is 38.8 Å². The highest BCUT2D eigenvalue weighted by Gasteiger charge is 2.21. The molecule has 0 aromatic carbocycles. The summed E-state index contributed by atoms with van der Waals surface area (Å²) in [6.07, 6.45) is 9.47. The van der Waals surface area contributed by atoms with E-state index in [2.05, 4.69) is 37.2 Å². The summed E-state index contributed by atoms with van der Waals surface area (Å²) in [5, 5.41) is 12.8. The van der Waals surface area contributed by atoms with Gasteiger partial charge in [-0.2, -0.15) is 0 Å². The van der Waals surface area contributed by atoms with Crippen molar-refractivity contribution in [3.63, 3.8) is 0 Å². The van der Waals surface area contributed by atoms with E-state index in [-0.39, 0.29) is 5.91 Å². The number of hydrogen-bond donors (Lipinski definition) is 1. The summed E-state index contributed by atoms with van der Waals surface area (Å²) in [5.41, 5.74) is 0. The fourth-order valence-corrected chi connectivity index (χ4v) is 4.12. The summed E-state index contributed by atoms with van der Waals surface area (Å²) in [7, 11) is 0. The number of aromatic nitrogens is 3. The topological polar surface area (TPSA) is 74.2 Å². The summed E-state index contributed by atoms with van der Waals surface area (Å²) in [5.74, 6) is 1.06. The molecule has 0 spiro atoms. The van der Waals surface area contributed by atoms with E-state index < -0.39 is 0 Å². The van der Waals surface area contributed by atoms with Gasteiger partial charge in [-0.25, -0.2) is 4.98 Å². The van der Waals surface area contributed by atoms with Crippen LogP contribution in [0.1, 0.15) is 51.9 Å². The Balaban J connectivity index is 1.39. The number of nitrogens with zero attached hydrogens (tertiary/aromatic N) is 5. The van der Waals surface area contributed by atoms with Gasteiger partial charge in [-0.1, -0.05) is 56.4 Å². The number of rotatable bonds is 10. The fraction of sp³-hybridized carbons (Fsp3) is 0.600. The summed E-state index contributed by atoms with van der Waals surface area (Å²) >= 11 is 1.45. The van der Waals surface area contributed by atoms with Crippen molar-refractivity contribution in [3.05, 3.63) is 24.4 Å². The van der Waals surface area contributed by atoms with Crippen molar-refractivity contribution in [1.29, 1.82) is 0 Å². The number of pyridine rings is 1. The predicted molar refractivity (Wildman–Crippen MR) is 115 cm³/mol. The Bertz CT molecular complexity index is 714. The molecule has 1 fully saturated rings. The van der Waals surface area contributed by atoms with Crippen molar-refractivity contribution in [2.24, 2.45) is 0 Å². The molecule has 28 heavy (non-hydrogen) atoms. The SMILES string of the molecule is CCCCCCCCC(=O)Nc1nnc(N2CCN(c3ccccn3)CC2)s1. The van der Waals surface area contributed by atoms with Gasteiger partial charge < -0.3 is 15.1 Å². The Morgan fingerprint density at radius 3 is 2.54 bits per heavy atom. The van der Waals surface area contributed by atoms with E-state index in [1.807, 2.05) is 24.4 Å². The minimum absolute atomic E-state index is 0.0400. The van der Waals surface area contributed by atoms with Gasteiger partial charge in [-0.05, 0) is 18.6 Å². The molecule has 0 saturated carbocycles.